The lowest BCUT2D eigenvalue weighted by Crippen LogP contribution is -2.34. The molecule has 0 spiro atoms. The van der Waals surface area contributed by atoms with Crippen molar-refractivity contribution in [2.45, 2.75) is 26.4 Å². The molecule has 0 fully saturated rings. The van der Waals surface area contributed by atoms with Crippen LogP contribution in [0.2, 0.25) is 0 Å². The van der Waals surface area contributed by atoms with E-state index >= 15 is 0 Å². The third-order valence-electron chi connectivity index (χ3n) is 2.68. The smallest absolute Gasteiger partial charge is 0.414 e. The zero-order chi connectivity index (χ0) is 14.9. The second-order valence-electron chi connectivity index (χ2n) is 5.37. The van der Waals surface area contributed by atoms with Crippen molar-refractivity contribution < 1.29 is 9.53 Å². The number of imidazole rings is 1. The molecule has 0 aliphatic carbocycles. The van der Waals surface area contributed by atoms with Crippen molar-refractivity contribution in [3.05, 3.63) is 30.2 Å². The Balaban J connectivity index is 2.42. The maximum Gasteiger partial charge on any atom is 0.414 e. The monoisotopic (exact) mass is 272 g/mol. The highest BCUT2D eigenvalue weighted by Gasteiger charge is 2.23. The van der Waals surface area contributed by atoms with Gasteiger partial charge in [-0.1, -0.05) is 0 Å². The number of hydrogen-bond donors (Lipinski definition) is 0. The SMILES string of the molecule is CN(C(=O)OC(C)(C)C)c1ccc2nccn2c1C#N. The molecule has 2 aromatic heterocycles. The van der Waals surface area contributed by atoms with Crippen LogP contribution in [0.3, 0.4) is 0 Å². The summed E-state index contributed by atoms with van der Waals surface area (Å²) in [7, 11) is 1.58. The summed E-state index contributed by atoms with van der Waals surface area (Å²) in [6.45, 7) is 5.38. The number of anilines is 1. The average molecular weight is 272 g/mol. The molecule has 20 heavy (non-hydrogen) atoms. The summed E-state index contributed by atoms with van der Waals surface area (Å²) in [4.78, 5) is 17.5. The number of hydrogen-bond acceptors (Lipinski definition) is 4. The number of fused-ring (bicyclic) bond motifs is 1. The van der Waals surface area contributed by atoms with Crippen LogP contribution in [0, 0.1) is 11.3 Å². The van der Waals surface area contributed by atoms with E-state index in [1.54, 1.807) is 56.7 Å². The summed E-state index contributed by atoms with van der Waals surface area (Å²) in [5.74, 6) is 0. The minimum absolute atomic E-state index is 0.341. The van der Waals surface area contributed by atoms with Gasteiger partial charge in [-0.15, -0.1) is 0 Å². The van der Waals surface area contributed by atoms with E-state index in [-0.39, 0.29) is 0 Å². The molecule has 0 aromatic carbocycles. The zero-order valence-electron chi connectivity index (χ0n) is 11.9. The molecule has 0 atom stereocenters. The number of nitrogens with zero attached hydrogens (tertiary/aromatic N) is 4. The van der Waals surface area contributed by atoms with Crippen LogP contribution < -0.4 is 4.90 Å². The van der Waals surface area contributed by atoms with Gasteiger partial charge in [-0.05, 0) is 32.9 Å². The minimum Gasteiger partial charge on any atom is -0.443 e. The van der Waals surface area contributed by atoms with E-state index in [1.165, 1.54) is 4.90 Å². The van der Waals surface area contributed by atoms with Gasteiger partial charge in [-0.2, -0.15) is 5.26 Å². The van der Waals surface area contributed by atoms with Gasteiger partial charge in [0, 0.05) is 19.4 Å². The molecule has 0 aliphatic rings. The van der Waals surface area contributed by atoms with E-state index in [0.717, 1.165) is 0 Å². The van der Waals surface area contributed by atoms with Crippen molar-refractivity contribution >= 4 is 17.4 Å². The molecule has 1 amide bonds. The molecule has 104 valence electrons. The van der Waals surface area contributed by atoms with Crippen LogP contribution in [0.25, 0.3) is 5.65 Å². The predicted molar refractivity (Wildman–Crippen MR) is 74.5 cm³/mol. The first-order valence-corrected chi connectivity index (χ1v) is 6.16. The number of nitriles is 1. The minimum atomic E-state index is -0.586. The standard InChI is InChI=1S/C14H16N4O2/c1-14(2,3)20-13(19)17(4)10-5-6-12-16-7-8-18(12)11(10)9-15/h5-8H,1-4H3. The van der Waals surface area contributed by atoms with Gasteiger partial charge in [0.1, 0.15) is 23.0 Å². The van der Waals surface area contributed by atoms with Crippen molar-refractivity contribution in [1.29, 1.82) is 5.26 Å². The Kier molecular flexibility index (Phi) is 3.36. The number of rotatable bonds is 1. The molecule has 2 aromatic rings. The lowest BCUT2D eigenvalue weighted by Gasteiger charge is -2.25. The van der Waals surface area contributed by atoms with Crippen LogP contribution in [-0.4, -0.2) is 28.1 Å². The Labute approximate surface area is 117 Å². The van der Waals surface area contributed by atoms with Gasteiger partial charge < -0.3 is 4.74 Å². The van der Waals surface area contributed by atoms with E-state index in [0.29, 0.717) is 17.0 Å². The van der Waals surface area contributed by atoms with Crippen LogP contribution in [0.1, 0.15) is 26.5 Å². The van der Waals surface area contributed by atoms with E-state index in [9.17, 15) is 10.1 Å². The van der Waals surface area contributed by atoms with Gasteiger partial charge >= 0.3 is 6.09 Å². The molecule has 6 nitrogen and oxygen atoms in total. The maximum absolute atomic E-state index is 12.1. The van der Waals surface area contributed by atoms with E-state index < -0.39 is 11.7 Å². The van der Waals surface area contributed by atoms with Crippen LogP contribution in [0.5, 0.6) is 0 Å². The summed E-state index contributed by atoms with van der Waals surface area (Å²) in [5.41, 5.74) is 0.889. The highest BCUT2D eigenvalue weighted by atomic mass is 16.6. The molecule has 0 N–H and O–H groups in total. The van der Waals surface area contributed by atoms with Gasteiger partial charge in [-0.25, -0.2) is 9.78 Å². The molecule has 0 radical (unpaired) electrons. The molecule has 0 saturated carbocycles. The van der Waals surface area contributed by atoms with E-state index in [2.05, 4.69) is 11.1 Å². The van der Waals surface area contributed by atoms with Gasteiger partial charge in [0.2, 0.25) is 0 Å². The second kappa shape index (κ2) is 4.85. The largest absolute Gasteiger partial charge is 0.443 e. The fourth-order valence-electron chi connectivity index (χ4n) is 1.79. The summed E-state index contributed by atoms with van der Waals surface area (Å²) >= 11 is 0. The number of amides is 1. The average Bonchev–Trinajstić information content (AvgIpc) is 2.82. The van der Waals surface area contributed by atoms with E-state index in [1.807, 2.05) is 0 Å². The second-order valence-corrected chi connectivity index (χ2v) is 5.37. The number of pyridine rings is 1. The maximum atomic E-state index is 12.1. The number of aromatic nitrogens is 2. The molecule has 0 unspecified atom stereocenters. The van der Waals surface area contributed by atoms with Crippen molar-refractivity contribution in [3.63, 3.8) is 0 Å². The molecular formula is C14H16N4O2. The van der Waals surface area contributed by atoms with Crippen molar-refractivity contribution in [2.24, 2.45) is 0 Å². The van der Waals surface area contributed by atoms with Crippen LogP contribution in [-0.2, 0) is 4.74 Å². The number of carbonyl (C=O) groups excluding carboxylic acids is 1. The molecule has 0 saturated heterocycles. The Morgan fingerprint density at radius 2 is 2.15 bits per heavy atom. The Morgan fingerprint density at radius 3 is 2.75 bits per heavy atom. The zero-order valence-corrected chi connectivity index (χ0v) is 11.9. The third-order valence-corrected chi connectivity index (χ3v) is 2.68. The highest BCUT2D eigenvalue weighted by Crippen LogP contribution is 2.22. The predicted octanol–water partition coefficient (Wildman–Crippen LogP) is 2.58. The lowest BCUT2D eigenvalue weighted by atomic mass is 10.2. The first-order valence-electron chi connectivity index (χ1n) is 6.16. The number of ether oxygens (including phenoxy) is 1. The summed E-state index contributed by atoms with van der Waals surface area (Å²) in [6.07, 6.45) is 2.78. The molecule has 6 heteroatoms. The first-order chi connectivity index (χ1) is 9.33. The topological polar surface area (TPSA) is 70.6 Å². The van der Waals surface area contributed by atoms with Crippen molar-refractivity contribution in [1.82, 2.24) is 9.38 Å². The molecule has 2 rings (SSSR count). The van der Waals surface area contributed by atoms with Crippen molar-refractivity contribution in [3.8, 4) is 6.07 Å². The summed E-state index contributed by atoms with van der Waals surface area (Å²) in [5, 5.41) is 9.32. The van der Waals surface area contributed by atoms with Crippen LogP contribution in [0.4, 0.5) is 10.5 Å². The van der Waals surface area contributed by atoms with Gasteiger partial charge in [0.05, 0.1) is 5.69 Å². The lowest BCUT2D eigenvalue weighted by molar-refractivity contribution is 0.0589. The molecule has 2 heterocycles. The quantitative estimate of drug-likeness (QED) is 0.800. The van der Waals surface area contributed by atoms with Crippen LogP contribution in [0.15, 0.2) is 24.5 Å². The Morgan fingerprint density at radius 1 is 1.45 bits per heavy atom. The van der Waals surface area contributed by atoms with E-state index in [4.69, 9.17) is 4.74 Å². The normalized spacial score (nSPS) is 11.2. The Bertz CT molecular complexity index is 691. The van der Waals surface area contributed by atoms with Gasteiger partial charge in [0.15, 0.2) is 0 Å². The van der Waals surface area contributed by atoms with Gasteiger partial charge in [0.25, 0.3) is 0 Å². The van der Waals surface area contributed by atoms with Crippen LogP contribution >= 0.6 is 0 Å². The highest BCUT2D eigenvalue weighted by molar-refractivity contribution is 5.89. The summed E-state index contributed by atoms with van der Waals surface area (Å²) < 4.78 is 6.93. The van der Waals surface area contributed by atoms with Crippen molar-refractivity contribution in [2.75, 3.05) is 11.9 Å². The molecule has 0 aliphatic heterocycles. The van der Waals surface area contributed by atoms with Gasteiger partial charge in [-0.3, -0.25) is 9.30 Å². The Hall–Kier alpha value is -2.55. The first kappa shape index (κ1) is 13.9. The molecular weight excluding hydrogens is 256 g/mol. The fourth-order valence-corrected chi connectivity index (χ4v) is 1.79. The summed E-state index contributed by atoms with van der Waals surface area (Å²) in [6, 6.07) is 5.53. The fraction of sp³-hybridized carbons (Fsp3) is 0.357. The third kappa shape index (κ3) is 2.57. The number of carbonyl (C=O) groups is 1. The molecule has 0 bridgehead atoms.